The van der Waals surface area contributed by atoms with Crippen molar-refractivity contribution in [2.45, 2.75) is 13.3 Å². The van der Waals surface area contributed by atoms with Gasteiger partial charge in [-0.15, -0.1) is 0 Å². The molecule has 118 valence electrons. The Morgan fingerprint density at radius 1 is 1.24 bits per heavy atom. The van der Waals surface area contributed by atoms with E-state index in [1.165, 1.54) is 0 Å². The first-order valence-corrected chi connectivity index (χ1v) is 7.11. The second-order valence-corrected chi connectivity index (χ2v) is 5.39. The Bertz CT molecular complexity index is 461. The third kappa shape index (κ3) is 5.63. The Labute approximate surface area is 127 Å². The highest BCUT2D eigenvalue weighted by Gasteiger charge is 2.14. The van der Waals surface area contributed by atoms with Crippen LogP contribution >= 0.6 is 0 Å². The molecular weight excluding hydrogens is 268 g/mol. The zero-order valence-electron chi connectivity index (χ0n) is 13.6. The Hall–Kier alpha value is -1.75. The summed E-state index contributed by atoms with van der Waals surface area (Å²) in [6, 6.07) is 5.75. The van der Waals surface area contributed by atoms with Gasteiger partial charge in [0, 0.05) is 19.0 Å². The van der Waals surface area contributed by atoms with Gasteiger partial charge in [0.05, 0.1) is 14.2 Å². The van der Waals surface area contributed by atoms with Crippen LogP contribution in [-0.2, 0) is 11.2 Å². The minimum Gasteiger partial charge on any atom is -0.493 e. The molecule has 1 rings (SSSR count). The van der Waals surface area contributed by atoms with E-state index in [1.807, 2.05) is 44.1 Å². The zero-order chi connectivity index (χ0) is 15.8. The second-order valence-electron chi connectivity index (χ2n) is 5.39. The van der Waals surface area contributed by atoms with E-state index in [1.54, 1.807) is 14.2 Å². The number of amides is 1. The molecule has 0 aliphatic rings. The van der Waals surface area contributed by atoms with Gasteiger partial charge >= 0.3 is 0 Å². The highest BCUT2D eigenvalue weighted by Crippen LogP contribution is 2.28. The van der Waals surface area contributed by atoms with Crippen LogP contribution in [0.25, 0.3) is 0 Å². The van der Waals surface area contributed by atoms with Crippen LogP contribution in [0.3, 0.4) is 0 Å². The van der Waals surface area contributed by atoms with Gasteiger partial charge in [0.1, 0.15) is 0 Å². The van der Waals surface area contributed by atoms with E-state index >= 15 is 0 Å². The van der Waals surface area contributed by atoms with Crippen LogP contribution in [0.15, 0.2) is 18.2 Å². The third-order valence-corrected chi connectivity index (χ3v) is 3.30. The Kier molecular flexibility index (Phi) is 7.02. The van der Waals surface area contributed by atoms with Gasteiger partial charge in [-0.2, -0.15) is 0 Å². The molecule has 0 radical (unpaired) electrons. The normalized spacial score (nSPS) is 12.1. The number of likely N-dealkylation sites (N-methyl/N-ethyl adjacent to an activating group) is 1. The molecule has 0 bridgehead atoms. The number of hydrogen-bond donors (Lipinski definition) is 1. The summed E-state index contributed by atoms with van der Waals surface area (Å²) in [5.41, 5.74) is 1.06. The molecule has 5 heteroatoms. The molecule has 0 heterocycles. The summed E-state index contributed by atoms with van der Waals surface area (Å²) in [6.45, 7) is 3.44. The van der Waals surface area contributed by atoms with Gasteiger partial charge < -0.3 is 19.7 Å². The van der Waals surface area contributed by atoms with Gasteiger partial charge in [0.2, 0.25) is 5.91 Å². The zero-order valence-corrected chi connectivity index (χ0v) is 13.6. The van der Waals surface area contributed by atoms with E-state index in [2.05, 4.69) is 5.32 Å². The van der Waals surface area contributed by atoms with Crippen LogP contribution in [0.5, 0.6) is 11.5 Å². The molecule has 5 nitrogen and oxygen atoms in total. The maximum atomic E-state index is 12.0. The molecule has 0 fully saturated rings. The minimum absolute atomic E-state index is 0.0756. The van der Waals surface area contributed by atoms with Crippen molar-refractivity contribution in [1.29, 1.82) is 0 Å². The van der Waals surface area contributed by atoms with Gasteiger partial charge in [-0.05, 0) is 38.2 Å². The molecule has 1 aromatic carbocycles. The van der Waals surface area contributed by atoms with Crippen LogP contribution in [0.2, 0.25) is 0 Å². The van der Waals surface area contributed by atoms with Gasteiger partial charge in [0.15, 0.2) is 11.5 Å². The number of rotatable bonds is 8. The fraction of sp³-hybridized carbons (Fsp3) is 0.562. The van der Waals surface area contributed by atoms with Crippen molar-refractivity contribution < 1.29 is 14.3 Å². The first kappa shape index (κ1) is 17.3. The number of benzene rings is 1. The standard InChI is InChI=1S/C16H26N2O3/c1-12(16(19)17-8-9-18(2)3)10-13-6-7-14(20-4)15(11-13)21-5/h6-7,11-12H,8-10H2,1-5H3,(H,17,19). The molecule has 1 amide bonds. The van der Waals surface area contributed by atoms with Crippen molar-refractivity contribution in [1.82, 2.24) is 10.2 Å². The first-order valence-electron chi connectivity index (χ1n) is 7.11. The summed E-state index contributed by atoms with van der Waals surface area (Å²) in [5, 5.41) is 2.95. The molecule has 0 aliphatic heterocycles. The lowest BCUT2D eigenvalue weighted by atomic mass is 10.00. The molecule has 21 heavy (non-hydrogen) atoms. The molecule has 1 unspecified atom stereocenters. The summed E-state index contributed by atoms with van der Waals surface area (Å²) in [6.07, 6.45) is 0.675. The Morgan fingerprint density at radius 2 is 1.90 bits per heavy atom. The molecule has 0 aliphatic carbocycles. The fourth-order valence-corrected chi connectivity index (χ4v) is 2.03. The molecule has 0 spiro atoms. The maximum Gasteiger partial charge on any atom is 0.223 e. The molecule has 1 N–H and O–H groups in total. The summed E-state index contributed by atoms with van der Waals surface area (Å²) in [4.78, 5) is 14.1. The van der Waals surface area contributed by atoms with Gasteiger partial charge in [-0.1, -0.05) is 13.0 Å². The number of carbonyl (C=O) groups is 1. The van der Waals surface area contributed by atoms with Crippen LogP contribution in [0.1, 0.15) is 12.5 Å². The summed E-state index contributed by atoms with van der Waals surface area (Å²) in [7, 11) is 7.19. The largest absolute Gasteiger partial charge is 0.493 e. The van der Waals surface area contributed by atoms with Crippen molar-refractivity contribution in [2.24, 2.45) is 5.92 Å². The van der Waals surface area contributed by atoms with Crippen LogP contribution in [0, 0.1) is 5.92 Å². The number of nitrogens with zero attached hydrogens (tertiary/aromatic N) is 1. The molecule has 0 saturated carbocycles. The molecule has 0 saturated heterocycles. The van der Waals surface area contributed by atoms with Crippen LogP contribution in [-0.4, -0.2) is 52.2 Å². The quantitative estimate of drug-likeness (QED) is 0.790. The highest BCUT2D eigenvalue weighted by atomic mass is 16.5. The van der Waals surface area contributed by atoms with Crippen molar-refractivity contribution in [3.8, 4) is 11.5 Å². The van der Waals surface area contributed by atoms with E-state index in [4.69, 9.17) is 9.47 Å². The number of hydrogen-bond acceptors (Lipinski definition) is 4. The average Bonchev–Trinajstić information content (AvgIpc) is 2.46. The lowest BCUT2D eigenvalue weighted by Crippen LogP contribution is -2.35. The maximum absolute atomic E-state index is 12.0. The van der Waals surface area contributed by atoms with Crippen LogP contribution < -0.4 is 14.8 Å². The summed E-state index contributed by atoms with van der Waals surface area (Å²) < 4.78 is 10.5. The van der Waals surface area contributed by atoms with E-state index in [9.17, 15) is 4.79 Å². The lowest BCUT2D eigenvalue weighted by Gasteiger charge is -2.15. The lowest BCUT2D eigenvalue weighted by molar-refractivity contribution is -0.124. The van der Waals surface area contributed by atoms with E-state index in [0.29, 0.717) is 24.5 Å². The third-order valence-electron chi connectivity index (χ3n) is 3.30. The SMILES string of the molecule is COc1ccc(CC(C)C(=O)NCCN(C)C)cc1OC. The fourth-order valence-electron chi connectivity index (χ4n) is 2.03. The van der Waals surface area contributed by atoms with Crippen LogP contribution in [0.4, 0.5) is 0 Å². The van der Waals surface area contributed by atoms with Crippen molar-refractivity contribution in [2.75, 3.05) is 41.4 Å². The number of ether oxygens (including phenoxy) is 2. The molecule has 1 atom stereocenters. The summed E-state index contributed by atoms with van der Waals surface area (Å²) >= 11 is 0. The van der Waals surface area contributed by atoms with Gasteiger partial charge in [-0.3, -0.25) is 4.79 Å². The number of carbonyl (C=O) groups excluding carboxylic acids is 1. The predicted molar refractivity (Wildman–Crippen MR) is 84.0 cm³/mol. The molecular formula is C16H26N2O3. The second kappa shape index (κ2) is 8.52. The van der Waals surface area contributed by atoms with Crippen molar-refractivity contribution >= 4 is 5.91 Å². The van der Waals surface area contributed by atoms with Crippen molar-refractivity contribution in [3.05, 3.63) is 23.8 Å². The smallest absolute Gasteiger partial charge is 0.223 e. The average molecular weight is 294 g/mol. The number of nitrogens with one attached hydrogen (secondary N) is 1. The van der Waals surface area contributed by atoms with E-state index in [-0.39, 0.29) is 11.8 Å². The first-order chi connectivity index (χ1) is 9.97. The van der Waals surface area contributed by atoms with Gasteiger partial charge in [-0.25, -0.2) is 0 Å². The van der Waals surface area contributed by atoms with E-state index in [0.717, 1.165) is 12.1 Å². The minimum atomic E-state index is -0.0785. The van der Waals surface area contributed by atoms with Crippen molar-refractivity contribution in [3.63, 3.8) is 0 Å². The van der Waals surface area contributed by atoms with E-state index < -0.39 is 0 Å². The predicted octanol–water partition coefficient (Wildman–Crippen LogP) is 1.56. The topological polar surface area (TPSA) is 50.8 Å². The monoisotopic (exact) mass is 294 g/mol. The Morgan fingerprint density at radius 3 is 2.48 bits per heavy atom. The molecule has 0 aromatic heterocycles. The molecule has 1 aromatic rings. The number of methoxy groups -OCH3 is 2. The summed E-state index contributed by atoms with van der Waals surface area (Å²) in [5.74, 6) is 1.39. The highest BCUT2D eigenvalue weighted by molar-refractivity contribution is 5.78. The Balaban J connectivity index is 2.57. The van der Waals surface area contributed by atoms with Gasteiger partial charge in [0.25, 0.3) is 0 Å².